The Labute approximate surface area is 154 Å². The number of para-hydroxylation sites is 1. The number of nitrogens with two attached hydrogens (primary N) is 1. The summed E-state index contributed by atoms with van der Waals surface area (Å²) in [7, 11) is 3.90. The summed E-state index contributed by atoms with van der Waals surface area (Å²) >= 11 is 1.12. The summed E-state index contributed by atoms with van der Waals surface area (Å²) in [5.41, 5.74) is 1.97. The quantitative estimate of drug-likeness (QED) is 0.405. The molecule has 0 bridgehead atoms. The molecule has 0 aliphatic heterocycles. The van der Waals surface area contributed by atoms with E-state index in [1.165, 1.54) is 0 Å². The molecule has 3 rings (SSSR count). The Morgan fingerprint density at radius 2 is 1.88 bits per heavy atom. The summed E-state index contributed by atoms with van der Waals surface area (Å²) in [5, 5.41) is 3.56. The van der Waals surface area contributed by atoms with Gasteiger partial charge in [0.15, 0.2) is 5.16 Å². The van der Waals surface area contributed by atoms with E-state index in [0.29, 0.717) is 21.7 Å². The number of aromatic nitrogens is 2. The third-order valence-corrected chi connectivity index (χ3v) is 4.73. The maximum Gasteiger partial charge on any atom is 0.280 e. The molecule has 0 saturated heterocycles. The molecule has 0 fully saturated rings. The van der Waals surface area contributed by atoms with Crippen LogP contribution < -0.4 is 21.6 Å². The Bertz CT molecular complexity index is 999. The summed E-state index contributed by atoms with van der Waals surface area (Å²) in [6, 6.07) is 14.5. The second-order valence-electron chi connectivity index (χ2n) is 5.86. The average molecular weight is 369 g/mol. The van der Waals surface area contributed by atoms with Gasteiger partial charge in [-0.1, -0.05) is 23.9 Å². The van der Waals surface area contributed by atoms with Crippen LogP contribution in [0.25, 0.3) is 10.9 Å². The first-order chi connectivity index (χ1) is 12.5. The standard InChI is InChI=1S/C18H19N5O2S/c1-22(2)13-9-7-12(8-10-13)20-16(24)11-26-18-21-15-6-4-3-5-14(15)17(25)23(18)19/h3-10H,11,19H2,1-2H3,(H,20,24). The number of nitrogens with one attached hydrogen (secondary N) is 1. The van der Waals surface area contributed by atoms with Gasteiger partial charge < -0.3 is 16.1 Å². The summed E-state index contributed by atoms with van der Waals surface area (Å²) in [6.45, 7) is 0. The van der Waals surface area contributed by atoms with Crippen LogP contribution in [0.15, 0.2) is 58.5 Å². The number of amides is 1. The van der Waals surface area contributed by atoms with Crippen molar-refractivity contribution < 1.29 is 4.79 Å². The van der Waals surface area contributed by atoms with E-state index in [2.05, 4.69) is 10.3 Å². The molecule has 2 aromatic carbocycles. The fourth-order valence-electron chi connectivity index (χ4n) is 2.40. The molecule has 1 aromatic heterocycles. The Morgan fingerprint density at radius 1 is 1.19 bits per heavy atom. The van der Waals surface area contributed by atoms with Gasteiger partial charge in [0, 0.05) is 25.5 Å². The van der Waals surface area contributed by atoms with Crippen LogP contribution in [0.5, 0.6) is 0 Å². The Balaban J connectivity index is 1.69. The number of anilines is 2. The number of nitrogens with zero attached hydrogens (tertiary/aromatic N) is 3. The predicted molar refractivity (Wildman–Crippen MR) is 106 cm³/mol. The SMILES string of the molecule is CN(C)c1ccc(NC(=O)CSc2nc3ccccc3c(=O)n2N)cc1. The molecule has 0 unspecified atom stereocenters. The van der Waals surface area contributed by atoms with Crippen LogP contribution >= 0.6 is 11.8 Å². The topological polar surface area (TPSA) is 93.2 Å². The van der Waals surface area contributed by atoms with E-state index in [9.17, 15) is 9.59 Å². The fourth-order valence-corrected chi connectivity index (χ4v) is 3.11. The van der Waals surface area contributed by atoms with E-state index in [0.717, 1.165) is 22.1 Å². The number of fused-ring (bicyclic) bond motifs is 1. The van der Waals surface area contributed by atoms with E-state index in [1.807, 2.05) is 43.3 Å². The summed E-state index contributed by atoms with van der Waals surface area (Å²) in [5.74, 6) is 5.71. The second kappa shape index (κ2) is 7.49. The Morgan fingerprint density at radius 3 is 2.58 bits per heavy atom. The van der Waals surface area contributed by atoms with Crippen molar-refractivity contribution in [2.45, 2.75) is 5.16 Å². The maximum atomic E-state index is 12.3. The zero-order valence-corrected chi connectivity index (χ0v) is 15.3. The molecule has 3 aromatic rings. The van der Waals surface area contributed by atoms with Crippen LogP contribution in [0, 0.1) is 0 Å². The first-order valence-corrected chi connectivity index (χ1v) is 8.91. The highest BCUT2D eigenvalue weighted by atomic mass is 32.2. The fraction of sp³-hybridized carbons (Fsp3) is 0.167. The minimum absolute atomic E-state index is 0.0947. The zero-order chi connectivity index (χ0) is 18.7. The first-order valence-electron chi connectivity index (χ1n) is 7.92. The number of hydrogen-bond acceptors (Lipinski definition) is 6. The van der Waals surface area contributed by atoms with Crippen molar-refractivity contribution in [2.24, 2.45) is 0 Å². The van der Waals surface area contributed by atoms with E-state index in [-0.39, 0.29) is 17.2 Å². The third kappa shape index (κ3) is 3.80. The number of rotatable bonds is 5. The van der Waals surface area contributed by atoms with Crippen molar-refractivity contribution >= 4 is 39.9 Å². The van der Waals surface area contributed by atoms with Gasteiger partial charge in [0.05, 0.1) is 16.7 Å². The number of thioether (sulfide) groups is 1. The van der Waals surface area contributed by atoms with Gasteiger partial charge in [0.2, 0.25) is 5.91 Å². The van der Waals surface area contributed by atoms with Gasteiger partial charge >= 0.3 is 0 Å². The Kier molecular flexibility index (Phi) is 5.13. The molecule has 8 heteroatoms. The van der Waals surface area contributed by atoms with Crippen molar-refractivity contribution in [1.29, 1.82) is 0 Å². The lowest BCUT2D eigenvalue weighted by Crippen LogP contribution is -2.30. The number of benzene rings is 2. The molecule has 0 aliphatic rings. The first kappa shape index (κ1) is 17.8. The molecule has 0 aliphatic carbocycles. The van der Waals surface area contributed by atoms with Crippen molar-refractivity contribution in [2.75, 3.05) is 35.9 Å². The van der Waals surface area contributed by atoms with E-state index >= 15 is 0 Å². The molecule has 1 heterocycles. The third-order valence-electron chi connectivity index (χ3n) is 3.78. The van der Waals surface area contributed by atoms with Crippen LogP contribution in [0.1, 0.15) is 0 Å². The molecule has 0 saturated carbocycles. The largest absolute Gasteiger partial charge is 0.378 e. The molecular formula is C18H19N5O2S. The molecular weight excluding hydrogens is 350 g/mol. The van der Waals surface area contributed by atoms with Gasteiger partial charge in [-0.15, -0.1) is 0 Å². The minimum Gasteiger partial charge on any atom is -0.378 e. The van der Waals surface area contributed by atoms with Crippen LogP contribution in [0.3, 0.4) is 0 Å². The van der Waals surface area contributed by atoms with Crippen LogP contribution in [0.2, 0.25) is 0 Å². The molecule has 0 atom stereocenters. The number of hydrogen-bond donors (Lipinski definition) is 2. The second-order valence-corrected chi connectivity index (χ2v) is 6.81. The summed E-state index contributed by atoms with van der Waals surface area (Å²) in [4.78, 5) is 30.8. The van der Waals surface area contributed by atoms with Crippen LogP contribution in [-0.2, 0) is 4.79 Å². The molecule has 134 valence electrons. The molecule has 0 radical (unpaired) electrons. The number of carbonyl (C=O) groups excluding carboxylic acids is 1. The summed E-state index contributed by atoms with van der Waals surface area (Å²) < 4.78 is 0.978. The number of nitrogen functional groups attached to an aromatic ring is 1. The van der Waals surface area contributed by atoms with Gasteiger partial charge in [-0.2, -0.15) is 0 Å². The smallest absolute Gasteiger partial charge is 0.280 e. The van der Waals surface area contributed by atoms with E-state index in [4.69, 9.17) is 5.84 Å². The lowest BCUT2D eigenvalue weighted by Gasteiger charge is -2.13. The lowest BCUT2D eigenvalue weighted by atomic mass is 10.2. The maximum absolute atomic E-state index is 12.3. The van der Waals surface area contributed by atoms with Crippen molar-refractivity contribution in [3.63, 3.8) is 0 Å². The van der Waals surface area contributed by atoms with Gasteiger partial charge in [-0.25, -0.2) is 9.66 Å². The molecule has 26 heavy (non-hydrogen) atoms. The van der Waals surface area contributed by atoms with Gasteiger partial charge in [-0.05, 0) is 36.4 Å². The predicted octanol–water partition coefficient (Wildman–Crippen LogP) is 1.91. The highest BCUT2D eigenvalue weighted by Gasteiger charge is 2.11. The monoisotopic (exact) mass is 369 g/mol. The van der Waals surface area contributed by atoms with E-state index < -0.39 is 0 Å². The average Bonchev–Trinajstić information content (AvgIpc) is 2.64. The van der Waals surface area contributed by atoms with Gasteiger partial charge in [0.25, 0.3) is 5.56 Å². The highest BCUT2D eigenvalue weighted by molar-refractivity contribution is 7.99. The molecule has 3 N–H and O–H groups in total. The summed E-state index contributed by atoms with van der Waals surface area (Å²) in [6.07, 6.45) is 0. The van der Waals surface area contributed by atoms with Crippen LogP contribution in [0.4, 0.5) is 11.4 Å². The van der Waals surface area contributed by atoms with Crippen LogP contribution in [-0.4, -0.2) is 35.4 Å². The zero-order valence-electron chi connectivity index (χ0n) is 14.5. The molecule has 0 spiro atoms. The van der Waals surface area contributed by atoms with Crippen molar-refractivity contribution in [3.05, 3.63) is 58.9 Å². The molecule has 1 amide bonds. The van der Waals surface area contributed by atoms with Crippen molar-refractivity contribution in [3.8, 4) is 0 Å². The van der Waals surface area contributed by atoms with Gasteiger partial charge in [0.1, 0.15) is 0 Å². The number of carbonyl (C=O) groups is 1. The van der Waals surface area contributed by atoms with Crippen molar-refractivity contribution in [1.82, 2.24) is 9.66 Å². The lowest BCUT2D eigenvalue weighted by molar-refractivity contribution is -0.113. The normalized spacial score (nSPS) is 10.7. The minimum atomic E-state index is -0.335. The van der Waals surface area contributed by atoms with E-state index in [1.54, 1.807) is 24.3 Å². The molecule has 7 nitrogen and oxygen atoms in total. The Hall–Kier alpha value is -3.00. The van der Waals surface area contributed by atoms with Gasteiger partial charge in [-0.3, -0.25) is 9.59 Å². The highest BCUT2D eigenvalue weighted by Crippen LogP contribution is 2.18.